The maximum atomic E-state index is 0. The van der Waals surface area contributed by atoms with Crippen LogP contribution in [0.25, 0.3) is 0 Å². The zero-order valence-electron chi connectivity index (χ0n) is 3.36. The van der Waals surface area contributed by atoms with Gasteiger partial charge in [0.05, 0.1) is 0 Å². The Morgan fingerprint density at radius 3 is 0.500 bits per heavy atom. The molecule has 8 heteroatoms. The van der Waals surface area contributed by atoms with Crippen molar-refractivity contribution in [3.05, 3.63) is 0 Å². The molecule has 0 unspecified atom stereocenters. The molecule has 0 rings (SSSR count). The predicted octanol–water partition coefficient (Wildman–Crippen LogP) is -8.74. The number of hydrogen-bond donors (Lipinski definition) is 0. The molecule has 2 N–H and O–H groups in total. The molecule has 0 aliphatic heterocycles. The van der Waals surface area contributed by atoms with Crippen molar-refractivity contribution < 1.29 is 51.4 Å². The van der Waals surface area contributed by atoms with Crippen LogP contribution < -0.4 is 49.4 Å². The molecular formula is H2Cl2N4OPt. The summed E-state index contributed by atoms with van der Waals surface area (Å²) in [4.78, 5) is 0. The van der Waals surface area contributed by atoms with Crippen molar-refractivity contribution in [3.63, 3.8) is 0 Å². The third-order valence-corrected chi connectivity index (χ3v) is 0. The van der Waals surface area contributed by atoms with Gasteiger partial charge in [0.15, 0.2) is 0 Å². The second-order valence-electron chi connectivity index (χ2n) is 0. The van der Waals surface area contributed by atoms with Crippen molar-refractivity contribution in [2.24, 2.45) is 0 Å². The Kier molecular flexibility index (Phi) is 22800. The summed E-state index contributed by atoms with van der Waals surface area (Å²) in [5.74, 6) is 0. The SMILES string of the molecule is O.[Cl-].[Cl-].[N].[N].[N].[N].[Pt+2]. The van der Waals surface area contributed by atoms with Crippen molar-refractivity contribution in [2.45, 2.75) is 0 Å². The molecule has 0 aliphatic rings. The van der Waals surface area contributed by atoms with E-state index in [2.05, 4.69) is 0 Å². The average Bonchev–Trinajstić information content (AvgIpc) is 0. The van der Waals surface area contributed by atoms with Gasteiger partial charge in [0.25, 0.3) is 0 Å². The average molecular weight is 340 g/mol. The number of rotatable bonds is 0. The van der Waals surface area contributed by atoms with Crippen LogP contribution in [0, 0.1) is 0 Å². The van der Waals surface area contributed by atoms with E-state index in [1.807, 2.05) is 0 Å². The minimum absolute atomic E-state index is 0. The van der Waals surface area contributed by atoms with Gasteiger partial charge in [0.2, 0.25) is 0 Å². The summed E-state index contributed by atoms with van der Waals surface area (Å²) in [6.45, 7) is 0. The van der Waals surface area contributed by atoms with Crippen molar-refractivity contribution >= 4 is 0 Å². The van der Waals surface area contributed by atoms with Gasteiger partial charge < -0.3 is 30.3 Å². The Hall–Kier alpha value is 1.07. The van der Waals surface area contributed by atoms with Crippen LogP contribution in [-0.2, 0) is 21.1 Å². The van der Waals surface area contributed by atoms with Gasteiger partial charge in [-0.15, -0.1) is 0 Å². The Morgan fingerprint density at radius 2 is 0.500 bits per heavy atom. The van der Waals surface area contributed by atoms with Crippen LogP contribution in [0.5, 0.6) is 0 Å². The first-order chi connectivity index (χ1) is 0. The van der Waals surface area contributed by atoms with E-state index in [1.54, 1.807) is 0 Å². The van der Waals surface area contributed by atoms with Crippen LogP contribution in [0.1, 0.15) is 0 Å². The normalized spacial score (nSPS) is 0. The smallest absolute Gasteiger partial charge is 1.00 e. The first-order valence-corrected chi connectivity index (χ1v) is 0. The third-order valence-electron chi connectivity index (χ3n) is 0. The molecule has 0 spiro atoms. The summed E-state index contributed by atoms with van der Waals surface area (Å²) in [6.07, 6.45) is 0. The molecule has 0 fully saturated rings. The molecule has 0 heterocycles. The Bertz CT molecular complexity index is 14.0. The maximum Gasteiger partial charge on any atom is 2.00 e. The summed E-state index contributed by atoms with van der Waals surface area (Å²) in [5.41, 5.74) is 0. The van der Waals surface area contributed by atoms with E-state index in [0.717, 1.165) is 0 Å². The van der Waals surface area contributed by atoms with Gasteiger partial charge in [-0.25, -0.2) is 0 Å². The minimum atomic E-state index is 0. The van der Waals surface area contributed by atoms with Gasteiger partial charge in [-0.05, 0) is 0 Å². The van der Waals surface area contributed by atoms with Crippen LogP contribution in [0.15, 0.2) is 0 Å². The monoisotopic (exact) mass is 339 g/mol. The molecule has 0 amide bonds. The fourth-order valence-corrected chi connectivity index (χ4v) is 0. The molecule has 0 bridgehead atoms. The van der Waals surface area contributed by atoms with Gasteiger partial charge in [-0.3, -0.25) is 0 Å². The van der Waals surface area contributed by atoms with Crippen molar-refractivity contribution in [1.82, 2.24) is 24.6 Å². The van der Waals surface area contributed by atoms with Gasteiger partial charge in [-0.2, -0.15) is 0 Å². The molecule has 0 aromatic carbocycles. The van der Waals surface area contributed by atoms with Crippen molar-refractivity contribution in [1.29, 1.82) is 0 Å². The Balaban J connectivity index is 0. The largest absolute Gasteiger partial charge is 2.00 e. The van der Waals surface area contributed by atoms with E-state index >= 15 is 0 Å². The summed E-state index contributed by atoms with van der Waals surface area (Å²) in [5, 5.41) is 0. The van der Waals surface area contributed by atoms with Crippen LogP contribution in [0.4, 0.5) is 0 Å². The topological polar surface area (TPSA) is 154 Å². The van der Waals surface area contributed by atoms with Crippen LogP contribution in [-0.4, -0.2) is 5.48 Å². The molecule has 52 valence electrons. The zero-order valence-corrected chi connectivity index (χ0v) is 7.15. The van der Waals surface area contributed by atoms with E-state index in [0.29, 0.717) is 0 Å². The van der Waals surface area contributed by atoms with E-state index in [9.17, 15) is 0 Å². The summed E-state index contributed by atoms with van der Waals surface area (Å²) in [6, 6.07) is 0. The maximum absolute atomic E-state index is 0. The van der Waals surface area contributed by atoms with Gasteiger partial charge in [0, 0.05) is 24.6 Å². The van der Waals surface area contributed by atoms with Crippen LogP contribution in [0.3, 0.4) is 0 Å². The molecule has 12 radical (unpaired) electrons. The molecule has 5 nitrogen and oxygen atoms in total. The molecule has 0 aliphatic carbocycles. The molecule has 0 saturated carbocycles. The van der Waals surface area contributed by atoms with E-state index in [1.165, 1.54) is 0 Å². The summed E-state index contributed by atoms with van der Waals surface area (Å²) in [7, 11) is 0. The molecule has 8 heavy (non-hydrogen) atoms. The zero-order chi connectivity index (χ0) is 0. The van der Waals surface area contributed by atoms with E-state index in [-0.39, 0.29) is 76.0 Å². The van der Waals surface area contributed by atoms with Crippen LogP contribution >= 0.6 is 0 Å². The fraction of sp³-hybridized carbons (Fsp3) is 0. The third kappa shape index (κ3) is 228. The predicted molar refractivity (Wildman–Crippen MR) is 12.1 cm³/mol. The van der Waals surface area contributed by atoms with Crippen molar-refractivity contribution in [3.8, 4) is 0 Å². The van der Waals surface area contributed by atoms with Crippen molar-refractivity contribution in [2.75, 3.05) is 0 Å². The molecular weight excluding hydrogens is 338 g/mol. The number of halogens is 2. The van der Waals surface area contributed by atoms with Crippen LogP contribution in [0.2, 0.25) is 0 Å². The van der Waals surface area contributed by atoms with Gasteiger partial charge >= 0.3 is 21.1 Å². The van der Waals surface area contributed by atoms with Gasteiger partial charge in [0.1, 0.15) is 0 Å². The first-order valence-electron chi connectivity index (χ1n) is 0. The Morgan fingerprint density at radius 1 is 0.500 bits per heavy atom. The minimum Gasteiger partial charge on any atom is -1.00 e. The quantitative estimate of drug-likeness (QED) is 0.411. The van der Waals surface area contributed by atoms with Gasteiger partial charge in [-0.1, -0.05) is 0 Å². The first kappa shape index (κ1) is 517. The number of hydrogen-bond acceptors (Lipinski definition) is 0. The second kappa shape index (κ2) is 353. The standard InChI is InChI=1S/2ClH.4N.H2O.Pt/h2*1H;;;;;1H2;/q;;;;;;;+2/p-2. The molecule has 0 atom stereocenters. The van der Waals surface area contributed by atoms with E-state index < -0.39 is 0 Å². The number of nitrogens with zero attached hydrogens (tertiary/aromatic N) is 4. The second-order valence-corrected chi connectivity index (χ2v) is 0. The molecule has 0 aromatic rings. The van der Waals surface area contributed by atoms with E-state index in [4.69, 9.17) is 0 Å². The Labute approximate surface area is 76.1 Å². The summed E-state index contributed by atoms with van der Waals surface area (Å²) < 4.78 is 0. The summed E-state index contributed by atoms with van der Waals surface area (Å²) >= 11 is 0. The fourth-order valence-electron chi connectivity index (χ4n) is 0. The molecule has 0 saturated heterocycles. The molecule has 0 aromatic heterocycles.